The number of benzene rings is 2. The molecule has 0 atom stereocenters. The summed E-state index contributed by atoms with van der Waals surface area (Å²) in [6.45, 7) is 9.35. The number of nitrogens with one attached hydrogen (secondary N) is 1. The zero-order valence-corrected chi connectivity index (χ0v) is 22.6. The van der Waals surface area contributed by atoms with E-state index in [1.807, 2.05) is 23.1 Å². The van der Waals surface area contributed by atoms with Gasteiger partial charge in [-0.2, -0.15) is 0 Å². The standard InChI is InChI=1S/C30H36ClN5O/c1-3-35(4-2)19-17-32-29-33-20-26(28(37)36-18-14-22-8-5-6-9-23(22)21-36)27(34-29)30(15-7-16-30)24-10-12-25(31)13-11-24/h5-6,8-13,20H,3-4,7,14-19,21H2,1-2H3,(H,32,33,34). The molecule has 2 aliphatic rings. The predicted molar refractivity (Wildman–Crippen MR) is 149 cm³/mol. The average molecular weight is 518 g/mol. The van der Waals surface area contributed by atoms with Crippen LogP contribution in [0.4, 0.5) is 5.95 Å². The number of carbonyl (C=O) groups is 1. The normalized spacial score (nSPS) is 16.3. The van der Waals surface area contributed by atoms with Gasteiger partial charge in [0.2, 0.25) is 5.95 Å². The maximum Gasteiger partial charge on any atom is 0.257 e. The van der Waals surface area contributed by atoms with E-state index in [0.717, 1.165) is 63.1 Å². The van der Waals surface area contributed by atoms with Gasteiger partial charge >= 0.3 is 0 Å². The fraction of sp³-hybridized carbons (Fsp3) is 0.433. The van der Waals surface area contributed by atoms with E-state index in [-0.39, 0.29) is 11.3 Å². The molecule has 194 valence electrons. The third-order valence-corrected chi connectivity index (χ3v) is 8.35. The largest absolute Gasteiger partial charge is 0.353 e. The average Bonchev–Trinajstić information content (AvgIpc) is 2.91. The lowest BCUT2D eigenvalue weighted by molar-refractivity contribution is 0.0729. The van der Waals surface area contributed by atoms with Crippen molar-refractivity contribution in [2.75, 3.05) is 38.0 Å². The second-order valence-electron chi connectivity index (χ2n) is 10.1. The van der Waals surface area contributed by atoms with Gasteiger partial charge in [-0.3, -0.25) is 4.79 Å². The minimum Gasteiger partial charge on any atom is -0.353 e. The van der Waals surface area contributed by atoms with Crippen LogP contribution in [0.15, 0.2) is 54.7 Å². The Balaban J connectivity index is 1.48. The summed E-state index contributed by atoms with van der Waals surface area (Å²) in [7, 11) is 0. The Labute approximate surface area is 225 Å². The van der Waals surface area contributed by atoms with Gasteiger partial charge in [0.15, 0.2) is 0 Å². The molecule has 3 aromatic rings. The molecule has 0 saturated heterocycles. The lowest BCUT2D eigenvalue weighted by atomic mass is 9.61. The third kappa shape index (κ3) is 5.23. The van der Waals surface area contributed by atoms with E-state index < -0.39 is 0 Å². The fourth-order valence-electron chi connectivity index (χ4n) is 5.65. The molecule has 0 bridgehead atoms. The monoisotopic (exact) mass is 517 g/mol. The molecule has 1 aliphatic carbocycles. The van der Waals surface area contributed by atoms with Crippen LogP contribution >= 0.6 is 11.6 Å². The highest BCUT2D eigenvalue weighted by Crippen LogP contribution is 2.49. The Kier molecular flexibility index (Phi) is 7.77. The molecule has 2 aromatic carbocycles. The highest BCUT2D eigenvalue weighted by molar-refractivity contribution is 6.30. The Morgan fingerprint density at radius 3 is 2.49 bits per heavy atom. The molecule has 1 aliphatic heterocycles. The number of fused-ring (bicyclic) bond motifs is 1. The van der Waals surface area contributed by atoms with E-state index in [0.29, 0.717) is 29.6 Å². The van der Waals surface area contributed by atoms with Crippen LogP contribution in [0, 0.1) is 0 Å². The summed E-state index contributed by atoms with van der Waals surface area (Å²) in [6, 6.07) is 16.4. The van der Waals surface area contributed by atoms with Crippen LogP contribution in [0.3, 0.4) is 0 Å². The Morgan fingerprint density at radius 2 is 1.81 bits per heavy atom. The fourth-order valence-corrected chi connectivity index (χ4v) is 5.78. The maximum absolute atomic E-state index is 14.0. The van der Waals surface area contributed by atoms with Gasteiger partial charge < -0.3 is 15.1 Å². The van der Waals surface area contributed by atoms with Gasteiger partial charge in [0.05, 0.1) is 11.3 Å². The van der Waals surface area contributed by atoms with Crippen molar-refractivity contribution in [1.82, 2.24) is 19.8 Å². The number of anilines is 1. The van der Waals surface area contributed by atoms with Crippen LogP contribution in [0.25, 0.3) is 0 Å². The van der Waals surface area contributed by atoms with Gasteiger partial charge in [-0.1, -0.05) is 68.3 Å². The number of aromatic nitrogens is 2. The topological polar surface area (TPSA) is 61.4 Å². The van der Waals surface area contributed by atoms with E-state index in [2.05, 4.69) is 59.4 Å². The first-order chi connectivity index (χ1) is 18.0. The van der Waals surface area contributed by atoms with Crippen molar-refractivity contribution >= 4 is 23.5 Å². The molecule has 0 spiro atoms. The lowest BCUT2D eigenvalue weighted by Crippen LogP contribution is -2.42. The Hall–Kier alpha value is -2.96. The first-order valence-corrected chi connectivity index (χ1v) is 13.9. The maximum atomic E-state index is 14.0. The summed E-state index contributed by atoms with van der Waals surface area (Å²) in [5.41, 5.74) is 4.85. The molecule has 1 aromatic heterocycles. The number of hydrogen-bond acceptors (Lipinski definition) is 5. The molecule has 6 nitrogen and oxygen atoms in total. The number of likely N-dealkylation sites (N-methyl/N-ethyl adjacent to an activating group) is 1. The summed E-state index contributed by atoms with van der Waals surface area (Å²) in [5.74, 6) is 0.599. The lowest BCUT2D eigenvalue weighted by Gasteiger charge is -2.43. The number of nitrogens with zero attached hydrogens (tertiary/aromatic N) is 4. The van der Waals surface area contributed by atoms with Gasteiger partial charge in [-0.15, -0.1) is 0 Å². The highest BCUT2D eigenvalue weighted by atomic mass is 35.5. The predicted octanol–water partition coefficient (Wildman–Crippen LogP) is 5.55. The highest BCUT2D eigenvalue weighted by Gasteiger charge is 2.45. The summed E-state index contributed by atoms with van der Waals surface area (Å²) < 4.78 is 0. The van der Waals surface area contributed by atoms with Gasteiger partial charge in [-0.05, 0) is 61.2 Å². The van der Waals surface area contributed by atoms with Crippen molar-refractivity contribution in [1.29, 1.82) is 0 Å². The molecule has 1 N–H and O–H groups in total. The molecule has 2 heterocycles. The zero-order valence-electron chi connectivity index (χ0n) is 21.8. The molecule has 7 heteroatoms. The molecule has 1 saturated carbocycles. The third-order valence-electron chi connectivity index (χ3n) is 8.10. The number of carbonyl (C=O) groups excluding carboxylic acids is 1. The van der Waals surface area contributed by atoms with Crippen molar-refractivity contribution < 1.29 is 4.79 Å². The molecular formula is C30H36ClN5O. The molecular weight excluding hydrogens is 482 g/mol. The second-order valence-corrected chi connectivity index (χ2v) is 10.5. The van der Waals surface area contributed by atoms with E-state index in [1.165, 1.54) is 11.1 Å². The minimum atomic E-state index is -0.304. The van der Waals surface area contributed by atoms with Crippen LogP contribution in [-0.4, -0.2) is 58.4 Å². The van der Waals surface area contributed by atoms with Crippen LogP contribution in [-0.2, 0) is 18.4 Å². The van der Waals surface area contributed by atoms with Crippen molar-refractivity contribution in [2.45, 2.75) is 51.5 Å². The molecule has 0 radical (unpaired) electrons. The summed E-state index contributed by atoms with van der Waals surface area (Å²) >= 11 is 6.22. The van der Waals surface area contributed by atoms with E-state index in [9.17, 15) is 4.79 Å². The van der Waals surface area contributed by atoms with Crippen molar-refractivity contribution in [3.05, 3.63) is 87.7 Å². The molecule has 1 fully saturated rings. The van der Waals surface area contributed by atoms with Crippen molar-refractivity contribution in [3.63, 3.8) is 0 Å². The van der Waals surface area contributed by atoms with Crippen molar-refractivity contribution in [2.24, 2.45) is 0 Å². The van der Waals surface area contributed by atoms with Crippen LogP contribution in [0.5, 0.6) is 0 Å². The van der Waals surface area contributed by atoms with E-state index in [4.69, 9.17) is 16.6 Å². The zero-order chi connectivity index (χ0) is 25.8. The molecule has 1 amide bonds. The number of hydrogen-bond donors (Lipinski definition) is 1. The molecule has 37 heavy (non-hydrogen) atoms. The SMILES string of the molecule is CCN(CC)CCNc1ncc(C(=O)N2CCc3ccccc3C2)c(C2(c3ccc(Cl)cc3)CCC2)n1. The van der Waals surface area contributed by atoms with E-state index >= 15 is 0 Å². The van der Waals surface area contributed by atoms with Gasteiger partial charge in [0, 0.05) is 42.8 Å². The van der Waals surface area contributed by atoms with Crippen molar-refractivity contribution in [3.8, 4) is 0 Å². The Bertz CT molecular complexity index is 1240. The van der Waals surface area contributed by atoms with Gasteiger partial charge in [0.25, 0.3) is 5.91 Å². The van der Waals surface area contributed by atoms with Crippen LogP contribution in [0.1, 0.15) is 65.9 Å². The minimum absolute atomic E-state index is 0.0134. The first kappa shape index (κ1) is 25.7. The quantitative estimate of drug-likeness (QED) is 0.403. The van der Waals surface area contributed by atoms with Crippen LogP contribution < -0.4 is 5.32 Å². The number of rotatable bonds is 9. The summed E-state index contributed by atoms with van der Waals surface area (Å²) in [4.78, 5) is 28.0. The second kappa shape index (κ2) is 11.2. The van der Waals surface area contributed by atoms with Crippen LogP contribution in [0.2, 0.25) is 5.02 Å². The summed E-state index contributed by atoms with van der Waals surface area (Å²) in [5, 5.41) is 4.12. The number of amides is 1. The van der Waals surface area contributed by atoms with Gasteiger partial charge in [-0.25, -0.2) is 9.97 Å². The summed E-state index contributed by atoms with van der Waals surface area (Å²) in [6.07, 6.45) is 5.62. The number of halogens is 1. The smallest absolute Gasteiger partial charge is 0.257 e. The molecule has 5 rings (SSSR count). The molecule has 0 unspecified atom stereocenters. The van der Waals surface area contributed by atoms with E-state index in [1.54, 1.807) is 6.20 Å². The van der Waals surface area contributed by atoms with Gasteiger partial charge in [0.1, 0.15) is 0 Å². The first-order valence-electron chi connectivity index (χ1n) is 13.5. The Morgan fingerprint density at radius 1 is 1.08 bits per heavy atom.